The lowest BCUT2D eigenvalue weighted by Crippen LogP contribution is -2.49. The molecule has 1 saturated carbocycles. The fraction of sp³-hybridized carbons (Fsp3) is 0.545. The molecule has 3 aliphatic rings. The molecule has 2 heterocycles. The number of imide groups is 1. The summed E-state index contributed by atoms with van der Waals surface area (Å²) in [4.78, 5) is 53.3. The van der Waals surface area contributed by atoms with E-state index in [0.717, 1.165) is 32.1 Å². The molecule has 2 aliphatic heterocycles. The van der Waals surface area contributed by atoms with Crippen LogP contribution in [0.5, 0.6) is 0 Å². The highest BCUT2D eigenvalue weighted by molar-refractivity contribution is 6.22. The van der Waals surface area contributed by atoms with Crippen LogP contribution in [0.4, 0.5) is 0 Å². The average molecular weight is 398 g/mol. The van der Waals surface area contributed by atoms with Gasteiger partial charge >= 0.3 is 5.97 Å². The van der Waals surface area contributed by atoms with Crippen LogP contribution < -0.4 is 0 Å². The van der Waals surface area contributed by atoms with Crippen LogP contribution in [-0.4, -0.2) is 57.2 Å². The summed E-state index contributed by atoms with van der Waals surface area (Å²) in [6.45, 7) is 2.24. The number of carbonyl (C=O) groups excluding carboxylic acids is 3. The number of hydrogen-bond donors (Lipinski definition) is 1. The monoisotopic (exact) mass is 398 g/mol. The third-order valence-corrected chi connectivity index (χ3v) is 6.67. The van der Waals surface area contributed by atoms with Gasteiger partial charge < -0.3 is 10.0 Å². The van der Waals surface area contributed by atoms with Gasteiger partial charge in [0.25, 0.3) is 17.7 Å². The van der Waals surface area contributed by atoms with Crippen LogP contribution in [0.3, 0.4) is 0 Å². The van der Waals surface area contributed by atoms with Crippen molar-refractivity contribution in [2.45, 2.75) is 64.0 Å². The van der Waals surface area contributed by atoms with Crippen LogP contribution in [-0.2, 0) is 4.79 Å². The van der Waals surface area contributed by atoms with E-state index in [-0.39, 0.29) is 29.3 Å². The molecule has 0 bridgehead atoms. The summed E-state index contributed by atoms with van der Waals surface area (Å²) < 4.78 is 0. The Hall–Kier alpha value is -2.70. The minimum absolute atomic E-state index is 0.0613. The van der Waals surface area contributed by atoms with Gasteiger partial charge in [0.2, 0.25) is 0 Å². The third-order valence-electron chi connectivity index (χ3n) is 6.67. The molecule has 3 amide bonds. The van der Waals surface area contributed by atoms with E-state index in [4.69, 9.17) is 0 Å². The van der Waals surface area contributed by atoms with E-state index in [9.17, 15) is 24.3 Å². The number of likely N-dealkylation sites (tertiary alicyclic amines) is 1. The predicted octanol–water partition coefficient (Wildman–Crippen LogP) is 2.94. The molecular weight excluding hydrogens is 372 g/mol. The molecule has 1 saturated heterocycles. The molecule has 0 aromatic heterocycles. The molecule has 29 heavy (non-hydrogen) atoms. The van der Waals surface area contributed by atoms with Crippen molar-refractivity contribution < 1.29 is 24.3 Å². The normalized spacial score (nSPS) is 25.3. The van der Waals surface area contributed by atoms with Crippen molar-refractivity contribution in [3.8, 4) is 0 Å². The van der Waals surface area contributed by atoms with E-state index in [1.54, 1.807) is 24.0 Å². The Balaban J connectivity index is 1.59. The summed E-state index contributed by atoms with van der Waals surface area (Å²) in [6.07, 6.45) is 6.00. The Kier molecular flexibility index (Phi) is 5.15. The van der Waals surface area contributed by atoms with Gasteiger partial charge in [-0.05, 0) is 50.8 Å². The molecule has 1 aromatic rings. The average Bonchev–Trinajstić information content (AvgIpc) is 2.98. The van der Waals surface area contributed by atoms with Crippen molar-refractivity contribution in [1.29, 1.82) is 0 Å². The smallest absolute Gasteiger partial charge is 0.308 e. The first-order valence-corrected chi connectivity index (χ1v) is 10.5. The lowest BCUT2D eigenvalue weighted by Gasteiger charge is -2.37. The number of nitrogens with zero attached hydrogens (tertiary/aromatic N) is 2. The molecule has 2 atom stereocenters. The lowest BCUT2D eigenvalue weighted by molar-refractivity contribution is -0.145. The number of benzene rings is 1. The number of piperidine rings is 1. The number of carboxylic acid groups (broad SMARTS) is 1. The van der Waals surface area contributed by atoms with Gasteiger partial charge in [-0.1, -0.05) is 19.3 Å². The van der Waals surface area contributed by atoms with Crippen molar-refractivity contribution in [3.05, 3.63) is 34.9 Å². The molecule has 7 heteroatoms. The van der Waals surface area contributed by atoms with Crippen molar-refractivity contribution in [3.63, 3.8) is 0 Å². The molecule has 0 spiro atoms. The Bertz CT molecular complexity index is 874. The first-order valence-electron chi connectivity index (χ1n) is 10.5. The fourth-order valence-electron chi connectivity index (χ4n) is 4.99. The SMILES string of the molecule is C[C@@H]1[C@H](C(=O)O)CCCN1C(=O)c1ccc2c(c1)C(=O)N(C1CCCCC1)C2=O. The van der Waals surface area contributed by atoms with Gasteiger partial charge in [-0.3, -0.25) is 24.1 Å². The maximum Gasteiger partial charge on any atom is 0.308 e. The van der Waals surface area contributed by atoms with Gasteiger partial charge in [-0.2, -0.15) is 0 Å². The number of carboxylic acids is 1. The molecule has 1 aromatic carbocycles. The zero-order valence-electron chi connectivity index (χ0n) is 16.6. The highest BCUT2D eigenvalue weighted by Crippen LogP contribution is 2.32. The first-order chi connectivity index (χ1) is 13.9. The Morgan fingerprint density at radius 1 is 0.966 bits per heavy atom. The molecule has 4 rings (SSSR count). The third kappa shape index (κ3) is 3.32. The molecular formula is C22H26N2O5. The second-order valence-electron chi connectivity index (χ2n) is 8.36. The maximum absolute atomic E-state index is 13.1. The van der Waals surface area contributed by atoms with E-state index >= 15 is 0 Å². The van der Waals surface area contributed by atoms with E-state index < -0.39 is 17.9 Å². The second-order valence-corrected chi connectivity index (χ2v) is 8.36. The standard InChI is InChI=1S/C22H26N2O5/c1-13-16(22(28)29)8-5-11-23(13)19(25)14-9-10-17-18(12-14)21(27)24(20(17)26)15-6-3-2-4-7-15/h9-10,12-13,15-16H,2-8,11H2,1H3,(H,28,29)/t13-,16-/m1/s1. The van der Waals surface area contributed by atoms with Gasteiger partial charge in [0.15, 0.2) is 0 Å². The fourth-order valence-corrected chi connectivity index (χ4v) is 4.99. The van der Waals surface area contributed by atoms with Crippen LogP contribution in [0.15, 0.2) is 18.2 Å². The second kappa shape index (κ2) is 7.61. The molecule has 1 N–H and O–H groups in total. The van der Waals surface area contributed by atoms with E-state index in [1.807, 2.05) is 0 Å². The summed E-state index contributed by atoms with van der Waals surface area (Å²) in [7, 11) is 0. The summed E-state index contributed by atoms with van der Waals surface area (Å²) >= 11 is 0. The number of fused-ring (bicyclic) bond motifs is 1. The Morgan fingerprint density at radius 3 is 2.34 bits per heavy atom. The van der Waals surface area contributed by atoms with Crippen LogP contribution in [0.1, 0.15) is 82.9 Å². The minimum atomic E-state index is -0.896. The number of rotatable bonds is 3. The van der Waals surface area contributed by atoms with E-state index in [2.05, 4.69) is 0 Å². The summed E-state index contributed by atoms with van der Waals surface area (Å²) in [5.41, 5.74) is 0.964. The van der Waals surface area contributed by atoms with Crippen LogP contribution in [0, 0.1) is 5.92 Å². The van der Waals surface area contributed by atoms with Crippen LogP contribution >= 0.6 is 0 Å². The largest absolute Gasteiger partial charge is 0.481 e. The van der Waals surface area contributed by atoms with Crippen LogP contribution in [0.25, 0.3) is 0 Å². The molecule has 2 fully saturated rings. The van der Waals surface area contributed by atoms with Crippen molar-refractivity contribution in [2.75, 3.05) is 6.54 Å². The van der Waals surface area contributed by atoms with Crippen molar-refractivity contribution >= 4 is 23.7 Å². The summed E-state index contributed by atoms with van der Waals surface area (Å²) in [5, 5.41) is 9.40. The van der Waals surface area contributed by atoms with Crippen molar-refractivity contribution in [1.82, 2.24) is 9.80 Å². The quantitative estimate of drug-likeness (QED) is 0.790. The molecule has 0 radical (unpaired) electrons. The Morgan fingerprint density at radius 2 is 1.66 bits per heavy atom. The highest BCUT2D eigenvalue weighted by atomic mass is 16.4. The van der Waals surface area contributed by atoms with E-state index in [1.165, 1.54) is 11.0 Å². The van der Waals surface area contributed by atoms with Gasteiger partial charge in [0.1, 0.15) is 0 Å². The topological polar surface area (TPSA) is 95.0 Å². The molecule has 154 valence electrons. The zero-order chi connectivity index (χ0) is 20.7. The number of aliphatic carboxylic acids is 1. The van der Waals surface area contributed by atoms with Gasteiger partial charge in [-0.25, -0.2) is 0 Å². The predicted molar refractivity (Wildman–Crippen MR) is 105 cm³/mol. The number of hydrogen-bond acceptors (Lipinski definition) is 4. The number of amides is 3. The number of carbonyl (C=O) groups is 4. The van der Waals surface area contributed by atoms with Crippen LogP contribution in [0.2, 0.25) is 0 Å². The van der Waals surface area contributed by atoms with Gasteiger partial charge in [0.05, 0.1) is 17.0 Å². The molecule has 0 unspecified atom stereocenters. The molecule has 1 aliphatic carbocycles. The lowest BCUT2D eigenvalue weighted by atomic mass is 9.89. The minimum Gasteiger partial charge on any atom is -0.481 e. The first kappa shape index (κ1) is 19.6. The zero-order valence-corrected chi connectivity index (χ0v) is 16.6. The summed E-state index contributed by atoms with van der Waals surface area (Å²) in [6, 6.07) is 4.17. The van der Waals surface area contributed by atoms with E-state index in [0.29, 0.717) is 30.5 Å². The van der Waals surface area contributed by atoms with Crippen molar-refractivity contribution in [2.24, 2.45) is 5.92 Å². The molecule has 7 nitrogen and oxygen atoms in total. The van der Waals surface area contributed by atoms with Gasteiger partial charge in [-0.15, -0.1) is 0 Å². The highest BCUT2D eigenvalue weighted by Gasteiger charge is 2.41. The summed E-state index contributed by atoms with van der Waals surface area (Å²) in [5.74, 6) is -2.36. The maximum atomic E-state index is 13.1. The Labute approximate surface area is 169 Å². The van der Waals surface area contributed by atoms with Gasteiger partial charge in [0, 0.05) is 24.2 Å².